The minimum Gasteiger partial charge on any atom is -0.471 e. The summed E-state index contributed by atoms with van der Waals surface area (Å²) in [6.45, 7) is 3.87. The summed E-state index contributed by atoms with van der Waals surface area (Å²) in [5.41, 5.74) is 1.19. The van der Waals surface area contributed by atoms with Gasteiger partial charge in [-0.2, -0.15) is 0 Å². The number of hydrogen-bond donors (Lipinski definition) is 0. The monoisotopic (exact) mass is 336 g/mol. The third kappa shape index (κ3) is 3.93. The van der Waals surface area contributed by atoms with E-state index in [-0.39, 0.29) is 24.4 Å². The highest BCUT2D eigenvalue weighted by Gasteiger charge is 2.34. The van der Waals surface area contributed by atoms with Gasteiger partial charge in [0.1, 0.15) is 12.5 Å². The van der Waals surface area contributed by atoms with Crippen molar-refractivity contribution >= 4 is 23.5 Å². The van der Waals surface area contributed by atoms with E-state index in [1.807, 2.05) is 0 Å². The molecule has 0 radical (unpaired) electrons. The second-order valence-corrected chi connectivity index (χ2v) is 5.14. The lowest BCUT2D eigenvalue weighted by molar-refractivity contribution is -0.139. The Labute approximate surface area is 139 Å². The second kappa shape index (κ2) is 7.83. The summed E-state index contributed by atoms with van der Waals surface area (Å²) in [5.74, 6) is -1.70. The van der Waals surface area contributed by atoms with E-state index >= 15 is 0 Å². The molecule has 1 aromatic carbocycles. The Morgan fingerprint density at radius 3 is 1.91 bits per heavy atom. The van der Waals surface area contributed by atoms with Gasteiger partial charge >= 0.3 is 11.9 Å². The van der Waals surface area contributed by atoms with E-state index in [1.54, 1.807) is 38.1 Å². The predicted molar refractivity (Wildman–Crippen MR) is 84.7 cm³/mol. The second-order valence-electron chi connectivity index (χ2n) is 4.71. The molecule has 0 aliphatic carbocycles. The average Bonchev–Trinajstić information content (AvgIpc) is 2.55. The Morgan fingerprint density at radius 1 is 1.00 bits per heavy atom. The fraction of sp³-hybridized carbons (Fsp3) is 0.294. The molecule has 6 heteroatoms. The van der Waals surface area contributed by atoms with Gasteiger partial charge in [0.15, 0.2) is 0 Å². The van der Waals surface area contributed by atoms with Crippen LogP contribution in [0.15, 0.2) is 47.9 Å². The zero-order valence-corrected chi connectivity index (χ0v) is 13.6. The van der Waals surface area contributed by atoms with E-state index in [4.69, 9.17) is 25.8 Å². The molecule has 0 amide bonds. The minimum absolute atomic E-state index is 0.224. The lowest BCUT2D eigenvalue weighted by Gasteiger charge is -2.24. The molecular formula is C17H17ClO5. The van der Waals surface area contributed by atoms with Gasteiger partial charge in [-0.3, -0.25) is 0 Å². The fourth-order valence-corrected chi connectivity index (χ4v) is 2.39. The normalized spacial score (nSPS) is 14.4. The van der Waals surface area contributed by atoms with Crippen molar-refractivity contribution in [1.29, 1.82) is 0 Å². The molecule has 0 bridgehead atoms. The standard InChI is InChI=1S/C17H17ClO5/c1-3-22-16(19)13-9-21-10-14(17(20)23-4-2)15(13)11-5-7-12(18)8-6-11/h5-10,15H,3-4H2,1-2H3. The summed E-state index contributed by atoms with van der Waals surface area (Å²) in [6.07, 6.45) is 2.58. The number of carbonyl (C=O) groups is 2. The summed E-state index contributed by atoms with van der Waals surface area (Å²) in [6, 6.07) is 6.88. The van der Waals surface area contributed by atoms with Crippen LogP contribution in [-0.4, -0.2) is 25.2 Å². The van der Waals surface area contributed by atoms with Crippen molar-refractivity contribution in [2.75, 3.05) is 13.2 Å². The van der Waals surface area contributed by atoms with Crippen molar-refractivity contribution in [2.24, 2.45) is 0 Å². The molecule has 1 heterocycles. The number of hydrogen-bond acceptors (Lipinski definition) is 5. The highest BCUT2D eigenvalue weighted by molar-refractivity contribution is 6.30. The van der Waals surface area contributed by atoms with Crippen LogP contribution in [0.5, 0.6) is 0 Å². The highest BCUT2D eigenvalue weighted by atomic mass is 35.5. The molecule has 0 aromatic heterocycles. The van der Waals surface area contributed by atoms with Gasteiger partial charge in [0, 0.05) is 5.02 Å². The maximum absolute atomic E-state index is 12.2. The lowest BCUT2D eigenvalue weighted by atomic mass is 9.84. The zero-order valence-electron chi connectivity index (χ0n) is 12.9. The maximum atomic E-state index is 12.2. The number of ether oxygens (including phenoxy) is 3. The summed E-state index contributed by atoms with van der Waals surface area (Å²) in [5, 5.41) is 0.559. The van der Waals surface area contributed by atoms with Gasteiger partial charge < -0.3 is 14.2 Å². The number of halogens is 1. The van der Waals surface area contributed by atoms with Crippen molar-refractivity contribution in [2.45, 2.75) is 19.8 Å². The van der Waals surface area contributed by atoms with Gasteiger partial charge in [-0.15, -0.1) is 0 Å². The van der Waals surface area contributed by atoms with Gasteiger partial charge in [-0.1, -0.05) is 23.7 Å². The molecule has 1 aliphatic heterocycles. The number of esters is 2. The topological polar surface area (TPSA) is 61.8 Å². The highest BCUT2D eigenvalue weighted by Crippen LogP contribution is 2.36. The molecule has 122 valence electrons. The number of rotatable bonds is 5. The van der Waals surface area contributed by atoms with Crippen LogP contribution >= 0.6 is 11.6 Å². The van der Waals surface area contributed by atoms with Crippen LogP contribution in [0.25, 0.3) is 0 Å². The largest absolute Gasteiger partial charge is 0.471 e. The van der Waals surface area contributed by atoms with E-state index < -0.39 is 17.9 Å². The molecule has 5 nitrogen and oxygen atoms in total. The van der Waals surface area contributed by atoms with Gasteiger partial charge in [0.05, 0.1) is 30.3 Å². The first kappa shape index (κ1) is 17.1. The van der Waals surface area contributed by atoms with Gasteiger partial charge in [0.25, 0.3) is 0 Å². The van der Waals surface area contributed by atoms with Gasteiger partial charge in [-0.05, 0) is 31.5 Å². The SMILES string of the molecule is CCOC(=O)C1=COC=C(C(=O)OCC)C1c1ccc(Cl)cc1. The van der Waals surface area contributed by atoms with Crippen molar-refractivity contribution in [3.05, 3.63) is 58.5 Å². The molecule has 23 heavy (non-hydrogen) atoms. The zero-order chi connectivity index (χ0) is 16.8. The Kier molecular flexibility index (Phi) is 5.82. The summed E-state index contributed by atoms with van der Waals surface area (Å²) >= 11 is 5.91. The quantitative estimate of drug-likeness (QED) is 0.772. The van der Waals surface area contributed by atoms with E-state index in [0.29, 0.717) is 5.02 Å². The molecule has 0 atom stereocenters. The van der Waals surface area contributed by atoms with Crippen molar-refractivity contribution < 1.29 is 23.8 Å². The van der Waals surface area contributed by atoms with E-state index in [2.05, 4.69) is 0 Å². The first-order valence-electron chi connectivity index (χ1n) is 7.23. The maximum Gasteiger partial charge on any atom is 0.338 e. The summed E-state index contributed by atoms with van der Waals surface area (Å²) < 4.78 is 15.3. The molecular weight excluding hydrogens is 320 g/mol. The Hall–Kier alpha value is -2.27. The molecule has 0 saturated heterocycles. The van der Waals surface area contributed by atoms with Crippen LogP contribution in [-0.2, 0) is 23.8 Å². The molecule has 1 aliphatic rings. The fourth-order valence-electron chi connectivity index (χ4n) is 2.26. The smallest absolute Gasteiger partial charge is 0.338 e. The van der Waals surface area contributed by atoms with Crippen LogP contribution in [0.4, 0.5) is 0 Å². The third-order valence-electron chi connectivity index (χ3n) is 3.24. The van der Waals surface area contributed by atoms with Gasteiger partial charge in [-0.25, -0.2) is 9.59 Å². The molecule has 0 fully saturated rings. The molecule has 2 rings (SSSR count). The molecule has 0 saturated carbocycles. The molecule has 1 aromatic rings. The minimum atomic E-state index is -0.626. The molecule has 0 spiro atoms. The van der Waals surface area contributed by atoms with Crippen LogP contribution in [0, 0.1) is 0 Å². The van der Waals surface area contributed by atoms with Crippen LogP contribution in [0.3, 0.4) is 0 Å². The Balaban J connectivity index is 2.43. The summed E-state index contributed by atoms with van der Waals surface area (Å²) in [7, 11) is 0. The van der Waals surface area contributed by atoms with Crippen LogP contribution in [0.2, 0.25) is 5.02 Å². The third-order valence-corrected chi connectivity index (χ3v) is 3.49. The van der Waals surface area contributed by atoms with Crippen LogP contribution in [0.1, 0.15) is 25.3 Å². The van der Waals surface area contributed by atoms with Crippen molar-refractivity contribution in [1.82, 2.24) is 0 Å². The van der Waals surface area contributed by atoms with E-state index in [1.165, 1.54) is 12.5 Å². The number of benzene rings is 1. The van der Waals surface area contributed by atoms with E-state index in [0.717, 1.165) is 5.56 Å². The average molecular weight is 337 g/mol. The Morgan fingerprint density at radius 2 is 1.48 bits per heavy atom. The predicted octanol–water partition coefficient (Wildman–Crippen LogP) is 3.35. The van der Waals surface area contributed by atoms with Crippen molar-refractivity contribution in [3.63, 3.8) is 0 Å². The van der Waals surface area contributed by atoms with Crippen LogP contribution < -0.4 is 0 Å². The first-order valence-corrected chi connectivity index (χ1v) is 7.61. The van der Waals surface area contributed by atoms with E-state index in [9.17, 15) is 9.59 Å². The summed E-state index contributed by atoms with van der Waals surface area (Å²) in [4.78, 5) is 24.4. The first-order chi connectivity index (χ1) is 11.1. The lowest BCUT2D eigenvalue weighted by Crippen LogP contribution is -2.24. The Bertz CT molecular complexity index is 611. The van der Waals surface area contributed by atoms with Gasteiger partial charge in [0.2, 0.25) is 0 Å². The molecule has 0 N–H and O–H groups in total. The van der Waals surface area contributed by atoms with Crippen molar-refractivity contribution in [3.8, 4) is 0 Å². The number of carbonyl (C=O) groups excluding carboxylic acids is 2. The molecule has 0 unspecified atom stereocenters.